The topological polar surface area (TPSA) is 101 Å². The zero-order valence-corrected chi connectivity index (χ0v) is 10.8. The predicted molar refractivity (Wildman–Crippen MR) is 68.5 cm³/mol. The minimum absolute atomic E-state index is 0.171. The first-order valence-corrected chi connectivity index (χ1v) is 6.41. The minimum Gasteiger partial charge on any atom is -0.480 e. The van der Waals surface area contributed by atoms with E-state index in [0.717, 1.165) is 6.20 Å². The maximum absolute atomic E-state index is 12.0. The number of carbonyl (C=O) groups is 2. The molecule has 1 amide bonds. The molecule has 2 heterocycles. The van der Waals surface area contributed by atoms with Crippen molar-refractivity contribution in [1.29, 1.82) is 0 Å². The number of fused-ring (bicyclic) bond motifs is 1. The molecule has 100 valence electrons. The van der Waals surface area contributed by atoms with Crippen molar-refractivity contribution in [2.75, 3.05) is 0 Å². The van der Waals surface area contributed by atoms with Gasteiger partial charge in [0.1, 0.15) is 11.6 Å². The van der Waals surface area contributed by atoms with Crippen molar-refractivity contribution in [1.82, 2.24) is 14.7 Å². The zero-order chi connectivity index (χ0) is 14.0. The van der Waals surface area contributed by atoms with Gasteiger partial charge in [-0.2, -0.15) is 0 Å². The summed E-state index contributed by atoms with van der Waals surface area (Å²) in [6.07, 6.45) is 2.91. The van der Waals surface area contributed by atoms with Gasteiger partial charge in [0, 0.05) is 17.8 Å². The summed E-state index contributed by atoms with van der Waals surface area (Å²) in [5.41, 5.74) is -0.681. The third-order valence-electron chi connectivity index (χ3n) is 2.60. The molecule has 2 N–H and O–H groups in total. The van der Waals surface area contributed by atoms with Gasteiger partial charge in [-0.15, -0.1) is 11.3 Å². The second-order valence-corrected chi connectivity index (χ2v) is 4.68. The Morgan fingerprint density at radius 1 is 1.58 bits per heavy atom. The number of nitrogens with one attached hydrogen (secondary N) is 1. The average Bonchev–Trinajstić information content (AvgIpc) is 2.84. The van der Waals surface area contributed by atoms with Crippen molar-refractivity contribution < 1.29 is 14.7 Å². The van der Waals surface area contributed by atoms with Crippen molar-refractivity contribution >= 4 is 28.2 Å². The minimum atomic E-state index is -1.14. The van der Waals surface area contributed by atoms with Crippen molar-refractivity contribution in [3.63, 3.8) is 0 Å². The molecule has 2 aromatic heterocycles. The monoisotopic (exact) mass is 281 g/mol. The second-order valence-electron chi connectivity index (χ2n) is 3.81. The van der Waals surface area contributed by atoms with Crippen LogP contribution in [0.5, 0.6) is 0 Å². The average molecular weight is 281 g/mol. The first-order valence-electron chi connectivity index (χ1n) is 5.53. The van der Waals surface area contributed by atoms with Crippen LogP contribution >= 0.6 is 11.3 Å². The molecule has 0 bridgehead atoms. The molecule has 0 spiro atoms. The lowest BCUT2D eigenvalue weighted by Crippen LogP contribution is -2.42. The summed E-state index contributed by atoms with van der Waals surface area (Å²) < 4.78 is 1.25. The summed E-state index contributed by atoms with van der Waals surface area (Å²) in [7, 11) is 0. The van der Waals surface area contributed by atoms with Crippen LogP contribution in [0.3, 0.4) is 0 Å². The SMILES string of the molecule is CC[C@H](NC(=O)c1cnc2sccn2c1=O)C(=O)O. The lowest BCUT2D eigenvalue weighted by Gasteiger charge is -2.11. The van der Waals surface area contributed by atoms with Crippen LogP contribution in [0.25, 0.3) is 4.96 Å². The highest BCUT2D eigenvalue weighted by atomic mass is 32.1. The number of nitrogens with zero attached hydrogens (tertiary/aromatic N) is 2. The lowest BCUT2D eigenvalue weighted by atomic mass is 10.2. The number of hydrogen-bond donors (Lipinski definition) is 2. The van der Waals surface area contributed by atoms with Crippen molar-refractivity contribution in [2.24, 2.45) is 0 Å². The van der Waals surface area contributed by atoms with Gasteiger partial charge in [-0.25, -0.2) is 9.78 Å². The van der Waals surface area contributed by atoms with Crippen LogP contribution in [0, 0.1) is 0 Å². The van der Waals surface area contributed by atoms with Gasteiger partial charge in [-0.3, -0.25) is 14.0 Å². The largest absolute Gasteiger partial charge is 0.480 e. The highest BCUT2D eigenvalue weighted by Gasteiger charge is 2.21. The van der Waals surface area contributed by atoms with Crippen LogP contribution in [0.15, 0.2) is 22.6 Å². The number of hydrogen-bond acceptors (Lipinski definition) is 5. The maximum Gasteiger partial charge on any atom is 0.326 e. The summed E-state index contributed by atoms with van der Waals surface area (Å²) in [4.78, 5) is 39.2. The van der Waals surface area contributed by atoms with Gasteiger partial charge in [0.05, 0.1) is 0 Å². The molecule has 0 saturated heterocycles. The number of aromatic nitrogens is 2. The summed E-state index contributed by atoms with van der Waals surface area (Å²) in [5.74, 6) is -1.87. The van der Waals surface area contributed by atoms with Gasteiger partial charge in [0.2, 0.25) is 0 Å². The molecular weight excluding hydrogens is 270 g/mol. The molecule has 1 atom stereocenters. The van der Waals surface area contributed by atoms with Gasteiger partial charge in [0.25, 0.3) is 11.5 Å². The number of aliphatic carboxylic acids is 1. The van der Waals surface area contributed by atoms with Gasteiger partial charge in [-0.1, -0.05) is 6.92 Å². The van der Waals surface area contributed by atoms with Gasteiger partial charge < -0.3 is 10.4 Å². The van der Waals surface area contributed by atoms with Crippen molar-refractivity contribution in [3.05, 3.63) is 33.7 Å². The molecule has 0 aromatic carbocycles. The third kappa shape index (κ3) is 2.48. The molecule has 0 fully saturated rings. The second kappa shape index (κ2) is 5.19. The van der Waals surface area contributed by atoms with Crippen molar-refractivity contribution in [2.45, 2.75) is 19.4 Å². The Morgan fingerprint density at radius 3 is 2.95 bits per heavy atom. The number of carbonyl (C=O) groups excluding carboxylic acids is 1. The smallest absolute Gasteiger partial charge is 0.326 e. The molecule has 2 rings (SSSR count). The summed E-state index contributed by atoms with van der Waals surface area (Å²) >= 11 is 1.27. The number of amides is 1. The Kier molecular flexibility index (Phi) is 3.61. The van der Waals surface area contributed by atoms with Gasteiger partial charge in [-0.05, 0) is 6.42 Å². The van der Waals surface area contributed by atoms with E-state index in [2.05, 4.69) is 10.3 Å². The highest BCUT2D eigenvalue weighted by molar-refractivity contribution is 7.15. The maximum atomic E-state index is 12.0. The molecule has 0 saturated carbocycles. The number of thiazole rings is 1. The molecule has 0 aliphatic carbocycles. The molecule has 0 aliphatic heterocycles. The number of rotatable bonds is 4. The lowest BCUT2D eigenvalue weighted by molar-refractivity contribution is -0.139. The van der Waals surface area contributed by atoms with E-state index >= 15 is 0 Å². The fraction of sp³-hybridized carbons (Fsp3) is 0.273. The Hall–Kier alpha value is -2.22. The van der Waals surface area contributed by atoms with Gasteiger partial charge in [0.15, 0.2) is 4.96 Å². The first-order chi connectivity index (χ1) is 9.04. The van der Waals surface area contributed by atoms with Crippen LogP contribution in [0.4, 0.5) is 0 Å². The Labute approximate surface area is 111 Å². The van der Waals surface area contributed by atoms with E-state index in [0.29, 0.717) is 4.96 Å². The summed E-state index contributed by atoms with van der Waals surface area (Å²) in [5, 5.41) is 12.8. The first kappa shape index (κ1) is 13.2. The molecule has 0 unspecified atom stereocenters. The van der Waals surface area contributed by atoms with Crippen LogP contribution in [0.2, 0.25) is 0 Å². The Balaban J connectivity index is 2.34. The van der Waals surface area contributed by atoms with Crippen LogP contribution < -0.4 is 10.9 Å². The molecule has 0 radical (unpaired) electrons. The normalized spacial score (nSPS) is 12.3. The van der Waals surface area contributed by atoms with Crippen LogP contribution in [0.1, 0.15) is 23.7 Å². The van der Waals surface area contributed by atoms with E-state index in [4.69, 9.17) is 5.11 Å². The Bertz CT molecular complexity index is 691. The van der Waals surface area contributed by atoms with E-state index < -0.39 is 23.5 Å². The fourth-order valence-electron chi connectivity index (χ4n) is 1.55. The summed E-state index contributed by atoms with van der Waals surface area (Å²) in [6, 6.07) is -1.02. The standard InChI is InChI=1S/C11H11N3O4S/c1-2-7(10(17)18)13-8(15)6-5-12-11-14(9(6)16)3-4-19-11/h3-5,7H,2H2,1H3,(H,13,15)(H,17,18)/t7-/m0/s1. The van der Waals surface area contributed by atoms with E-state index in [-0.39, 0.29) is 12.0 Å². The van der Waals surface area contributed by atoms with Gasteiger partial charge >= 0.3 is 5.97 Å². The Morgan fingerprint density at radius 2 is 2.32 bits per heavy atom. The molecule has 7 nitrogen and oxygen atoms in total. The van der Waals surface area contributed by atoms with E-state index in [1.165, 1.54) is 21.9 Å². The molecular formula is C11H11N3O4S. The third-order valence-corrected chi connectivity index (χ3v) is 3.37. The quantitative estimate of drug-likeness (QED) is 0.842. The molecule has 8 heteroatoms. The molecule has 0 aliphatic rings. The highest BCUT2D eigenvalue weighted by Crippen LogP contribution is 2.06. The van der Waals surface area contributed by atoms with Crippen LogP contribution in [-0.2, 0) is 4.79 Å². The zero-order valence-electron chi connectivity index (χ0n) is 9.99. The van der Waals surface area contributed by atoms with E-state index in [9.17, 15) is 14.4 Å². The van der Waals surface area contributed by atoms with E-state index in [1.54, 1.807) is 12.3 Å². The number of carboxylic acids is 1. The predicted octanol–water partition coefficient (Wildman–Crippen LogP) is 0.349. The van der Waals surface area contributed by atoms with Crippen LogP contribution in [-0.4, -0.2) is 32.4 Å². The fourth-order valence-corrected chi connectivity index (χ4v) is 2.23. The number of carboxylic acid groups (broad SMARTS) is 1. The van der Waals surface area contributed by atoms with Crippen molar-refractivity contribution in [3.8, 4) is 0 Å². The molecule has 19 heavy (non-hydrogen) atoms. The molecule has 2 aromatic rings. The summed E-state index contributed by atoms with van der Waals surface area (Å²) in [6.45, 7) is 1.63. The van der Waals surface area contributed by atoms with E-state index in [1.807, 2.05) is 0 Å².